The van der Waals surface area contributed by atoms with Crippen molar-refractivity contribution in [1.29, 1.82) is 0 Å². The number of hydrogen-bond donors (Lipinski definition) is 2. The van der Waals surface area contributed by atoms with Crippen LogP contribution in [0.2, 0.25) is 0 Å². The van der Waals surface area contributed by atoms with Crippen LogP contribution in [0, 0.1) is 0 Å². The molecule has 6 rings (SSSR count). The Bertz CT molecular complexity index is 1070. The van der Waals surface area contributed by atoms with Gasteiger partial charge in [0.25, 0.3) is 5.91 Å². The van der Waals surface area contributed by atoms with Crippen LogP contribution in [0.4, 0.5) is 24.7 Å². The normalized spacial score (nSPS) is 21.7. The number of anilines is 2. The highest BCUT2D eigenvalue weighted by atomic mass is 32.1. The second kappa shape index (κ2) is 6.92. The largest absolute Gasteiger partial charge is 0.427 e. The molecule has 0 aliphatic carbocycles. The molecule has 0 unspecified atom stereocenters. The number of piperazine rings is 1. The molecule has 3 aromatic heterocycles. The molecule has 0 aromatic carbocycles. The van der Waals surface area contributed by atoms with E-state index in [1.807, 2.05) is 0 Å². The maximum Gasteiger partial charge on any atom is 0.427 e. The highest BCUT2D eigenvalue weighted by Crippen LogP contribution is 2.39. The van der Waals surface area contributed by atoms with E-state index in [9.17, 15) is 18.0 Å². The quantitative estimate of drug-likeness (QED) is 0.647. The zero-order valence-corrected chi connectivity index (χ0v) is 16.6. The smallest absolute Gasteiger partial charge is 0.349 e. The fourth-order valence-electron chi connectivity index (χ4n) is 3.91. The summed E-state index contributed by atoms with van der Waals surface area (Å²) in [5.74, 6) is 0.0843. The third kappa shape index (κ3) is 3.36. The van der Waals surface area contributed by atoms with Crippen LogP contribution in [0.25, 0.3) is 10.3 Å². The van der Waals surface area contributed by atoms with Crippen molar-refractivity contribution >= 4 is 50.4 Å². The SMILES string of the molecule is O=C(Nc1ccsc1C(F)(F)F)c1csc2ncc(N3C[C@@H]4CC[C@@H]3CN4)nc12. The van der Waals surface area contributed by atoms with Gasteiger partial charge in [0, 0.05) is 30.6 Å². The topological polar surface area (TPSA) is 70.2 Å². The minimum Gasteiger partial charge on any atom is -0.349 e. The van der Waals surface area contributed by atoms with Gasteiger partial charge in [0.05, 0.1) is 17.4 Å². The molecular weight excluding hydrogens is 423 g/mol. The minimum atomic E-state index is -4.51. The predicted molar refractivity (Wildman–Crippen MR) is 107 cm³/mol. The number of hydrogen-bond acceptors (Lipinski definition) is 7. The Morgan fingerprint density at radius 3 is 2.86 bits per heavy atom. The highest BCUT2D eigenvalue weighted by Gasteiger charge is 2.36. The van der Waals surface area contributed by atoms with Crippen molar-refractivity contribution in [2.24, 2.45) is 0 Å². The maximum atomic E-state index is 13.1. The molecule has 3 aromatic rings. The number of nitrogens with one attached hydrogen (secondary N) is 2. The van der Waals surface area contributed by atoms with Crippen LogP contribution in [0.15, 0.2) is 23.0 Å². The molecule has 0 spiro atoms. The van der Waals surface area contributed by atoms with Crippen molar-refractivity contribution in [1.82, 2.24) is 15.3 Å². The summed E-state index contributed by atoms with van der Waals surface area (Å²) >= 11 is 1.80. The number of thiophene rings is 2. The second-order valence-electron chi connectivity index (χ2n) is 7.14. The Morgan fingerprint density at radius 1 is 1.31 bits per heavy atom. The molecule has 1 amide bonds. The molecular formula is C18H16F3N5OS2. The molecule has 3 saturated heterocycles. The molecule has 0 radical (unpaired) electrons. The molecule has 29 heavy (non-hydrogen) atoms. The first-order chi connectivity index (χ1) is 13.9. The Kier molecular flexibility index (Phi) is 4.48. The number of amides is 1. The number of fused-ring (bicyclic) bond motifs is 4. The fourth-order valence-corrected chi connectivity index (χ4v) is 5.46. The molecule has 2 N–H and O–H groups in total. The van der Waals surface area contributed by atoms with Crippen molar-refractivity contribution in [3.63, 3.8) is 0 Å². The summed E-state index contributed by atoms with van der Waals surface area (Å²) in [5, 5.41) is 8.76. The summed E-state index contributed by atoms with van der Waals surface area (Å²) in [4.78, 5) is 23.8. The molecule has 3 aliphatic rings. The lowest BCUT2D eigenvalue weighted by Gasteiger charge is -2.46. The lowest BCUT2D eigenvalue weighted by atomic mass is 9.93. The first-order valence-corrected chi connectivity index (χ1v) is 10.9. The van der Waals surface area contributed by atoms with Gasteiger partial charge < -0.3 is 15.5 Å². The van der Waals surface area contributed by atoms with Gasteiger partial charge >= 0.3 is 6.18 Å². The predicted octanol–water partition coefficient (Wildman–Crippen LogP) is 3.96. The van der Waals surface area contributed by atoms with Gasteiger partial charge in [-0.15, -0.1) is 22.7 Å². The van der Waals surface area contributed by atoms with Crippen molar-refractivity contribution in [2.45, 2.75) is 31.1 Å². The van der Waals surface area contributed by atoms with E-state index in [0.717, 1.165) is 25.9 Å². The summed E-state index contributed by atoms with van der Waals surface area (Å²) in [6, 6.07) is 2.01. The van der Waals surface area contributed by atoms with Gasteiger partial charge in [-0.2, -0.15) is 13.2 Å². The van der Waals surface area contributed by atoms with E-state index in [1.165, 1.54) is 22.8 Å². The van der Waals surface area contributed by atoms with Gasteiger partial charge in [-0.05, 0) is 24.3 Å². The van der Waals surface area contributed by atoms with Gasteiger partial charge in [0.2, 0.25) is 0 Å². The van der Waals surface area contributed by atoms with E-state index in [2.05, 4.69) is 25.5 Å². The Hall–Kier alpha value is -2.24. The Balaban J connectivity index is 1.45. The van der Waals surface area contributed by atoms with Crippen LogP contribution >= 0.6 is 22.7 Å². The lowest BCUT2D eigenvalue weighted by Crippen LogP contribution is -2.61. The number of alkyl halides is 3. The molecule has 3 aliphatic heterocycles. The van der Waals surface area contributed by atoms with Crippen LogP contribution in [-0.4, -0.2) is 41.0 Å². The van der Waals surface area contributed by atoms with E-state index >= 15 is 0 Å². The summed E-state index contributed by atoms with van der Waals surface area (Å²) < 4.78 is 39.3. The van der Waals surface area contributed by atoms with Gasteiger partial charge in [0.15, 0.2) is 0 Å². The van der Waals surface area contributed by atoms with Crippen LogP contribution in [0.3, 0.4) is 0 Å². The summed E-state index contributed by atoms with van der Waals surface area (Å²) in [6.45, 7) is 1.72. The zero-order valence-electron chi connectivity index (χ0n) is 15.0. The number of rotatable bonds is 3. The number of nitrogens with zero attached hydrogens (tertiary/aromatic N) is 3. The number of carbonyl (C=O) groups excluding carboxylic acids is 1. The average molecular weight is 439 g/mol. The molecule has 6 heterocycles. The standard InChI is InChI=1S/C18H16F3N5OS2/c19-18(20,21)15-12(3-4-28-15)24-16(27)11-8-29-17-14(11)25-13(6-23-17)26-7-9-1-2-10(26)5-22-9/h3-4,6,8-10,22H,1-2,5,7H2,(H,24,27)/t9-,10+/m0/s1. The molecule has 6 nitrogen and oxygen atoms in total. The van der Waals surface area contributed by atoms with E-state index < -0.39 is 17.0 Å². The highest BCUT2D eigenvalue weighted by molar-refractivity contribution is 7.17. The Labute approximate surface area is 171 Å². The number of piperidine rings is 2. The molecule has 3 fully saturated rings. The molecule has 152 valence electrons. The summed E-state index contributed by atoms with van der Waals surface area (Å²) in [7, 11) is 0. The minimum absolute atomic E-state index is 0.235. The first-order valence-electron chi connectivity index (χ1n) is 9.10. The van der Waals surface area contributed by atoms with E-state index in [4.69, 9.17) is 0 Å². The third-order valence-corrected chi connectivity index (χ3v) is 7.16. The summed E-state index contributed by atoms with van der Waals surface area (Å²) in [5.41, 5.74) is 0.414. The number of halogens is 3. The molecule has 2 atom stereocenters. The molecule has 2 bridgehead atoms. The summed E-state index contributed by atoms with van der Waals surface area (Å²) in [6.07, 6.45) is -0.595. The second-order valence-corrected chi connectivity index (χ2v) is 8.91. The fraction of sp³-hybridized carbons (Fsp3) is 0.389. The van der Waals surface area contributed by atoms with Crippen LogP contribution in [-0.2, 0) is 6.18 Å². The third-order valence-electron chi connectivity index (χ3n) is 5.33. The van der Waals surface area contributed by atoms with Gasteiger partial charge in [-0.3, -0.25) is 4.79 Å². The van der Waals surface area contributed by atoms with Crippen molar-refractivity contribution in [3.05, 3.63) is 33.5 Å². The van der Waals surface area contributed by atoms with Crippen molar-refractivity contribution in [2.75, 3.05) is 23.3 Å². The molecule has 11 heteroatoms. The first kappa shape index (κ1) is 18.8. The van der Waals surface area contributed by atoms with Gasteiger partial charge in [-0.1, -0.05) is 0 Å². The monoisotopic (exact) mass is 439 g/mol. The van der Waals surface area contributed by atoms with Crippen molar-refractivity contribution < 1.29 is 18.0 Å². The van der Waals surface area contributed by atoms with E-state index in [1.54, 1.807) is 11.6 Å². The van der Waals surface area contributed by atoms with Crippen LogP contribution < -0.4 is 15.5 Å². The molecule has 0 saturated carbocycles. The Morgan fingerprint density at radius 2 is 2.17 bits per heavy atom. The van der Waals surface area contributed by atoms with Crippen LogP contribution in [0.5, 0.6) is 0 Å². The van der Waals surface area contributed by atoms with Gasteiger partial charge in [0.1, 0.15) is 21.0 Å². The van der Waals surface area contributed by atoms with Gasteiger partial charge in [-0.25, -0.2) is 9.97 Å². The van der Waals surface area contributed by atoms with Crippen LogP contribution in [0.1, 0.15) is 28.1 Å². The van der Waals surface area contributed by atoms with Crippen molar-refractivity contribution in [3.8, 4) is 0 Å². The maximum absolute atomic E-state index is 13.1. The van der Waals surface area contributed by atoms with E-state index in [0.29, 0.717) is 39.6 Å². The number of aromatic nitrogens is 2. The lowest BCUT2D eigenvalue weighted by molar-refractivity contribution is -0.133. The zero-order chi connectivity index (χ0) is 20.2. The van der Waals surface area contributed by atoms with E-state index in [-0.39, 0.29) is 11.3 Å². The number of carbonyl (C=O) groups is 1. The average Bonchev–Trinajstić information content (AvgIpc) is 3.35.